The van der Waals surface area contributed by atoms with Gasteiger partial charge in [0.2, 0.25) is 5.95 Å². The van der Waals surface area contributed by atoms with E-state index in [4.69, 9.17) is 0 Å². The maximum Gasteiger partial charge on any atom is 0.274 e. The minimum absolute atomic E-state index is 0.0607. The molecule has 3 aromatic rings. The molecule has 1 aliphatic heterocycles. The zero-order valence-corrected chi connectivity index (χ0v) is 18.6. The van der Waals surface area contributed by atoms with Crippen LogP contribution in [0.25, 0.3) is 10.4 Å². The number of nitrogens with zero attached hydrogens (tertiary/aromatic N) is 4. The van der Waals surface area contributed by atoms with Crippen LogP contribution in [0.3, 0.4) is 0 Å². The fraction of sp³-hybridized carbons (Fsp3) is 0.333. The van der Waals surface area contributed by atoms with Crippen LogP contribution in [-0.4, -0.2) is 44.9 Å². The Labute approximate surface area is 185 Å². The summed E-state index contributed by atoms with van der Waals surface area (Å²) in [6.45, 7) is 3.24. The summed E-state index contributed by atoms with van der Waals surface area (Å²) < 4.78 is 14.2. The molecule has 30 heavy (non-hydrogen) atoms. The molecule has 1 saturated heterocycles. The number of anilines is 1. The number of hydrogen-bond donors (Lipinski definition) is 1. The van der Waals surface area contributed by atoms with Crippen molar-refractivity contribution < 1.29 is 9.18 Å². The highest BCUT2D eigenvalue weighted by molar-refractivity contribution is 9.10. The van der Waals surface area contributed by atoms with Crippen LogP contribution in [0.2, 0.25) is 0 Å². The number of carbonyl (C=O) groups excluding carboxylic acids is 1. The van der Waals surface area contributed by atoms with Crippen molar-refractivity contribution in [2.24, 2.45) is 11.8 Å². The lowest BCUT2D eigenvalue weighted by atomic mass is 10.1. The molecule has 1 N–H and O–H groups in total. The molecule has 1 amide bonds. The summed E-state index contributed by atoms with van der Waals surface area (Å²) in [6.07, 6.45) is 4.54. The molecule has 3 heterocycles. The Morgan fingerprint density at radius 1 is 1.30 bits per heavy atom. The second-order valence-electron chi connectivity index (χ2n) is 7.71. The SMILES string of the molecule is Cc1nc(C(=O)N2C[C@@H]3C[C@@H]3[C@H]2CNc2ncc(Br)cn2)c(-c2ccc(F)cc2)s1. The first kappa shape index (κ1) is 19.6. The number of aromatic nitrogens is 3. The zero-order valence-electron chi connectivity index (χ0n) is 16.2. The Morgan fingerprint density at radius 2 is 2.03 bits per heavy atom. The summed E-state index contributed by atoms with van der Waals surface area (Å²) in [5.41, 5.74) is 1.27. The van der Waals surface area contributed by atoms with Crippen molar-refractivity contribution in [3.05, 3.63) is 57.7 Å². The summed E-state index contributed by atoms with van der Waals surface area (Å²) in [6, 6.07) is 6.30. The summed E-state index contributed by atoms with van der Waals surface area (Å²) in [5.74, 6) is 1.25. The van der Waals surface area contributed by atoms with E-state index < -0.39 is 0 Å². The van der Waals surface area contributed by atoms with Crippen molar-refractivity contribution in [3.8, 4) is 10.4 Å². The molecule has 1 aliphatic carbocycles. The minimum atomic E-state index is -0.297. The molecule has 6 nitrogen and oxygen atoms in total. The van der Waals surface area contributed by atoms with Gasteiger partial charge in [0, 0.05) is 25.5 Å². The first-order valence-corrected chi connectivity index (χ1v) is 11.4. The van der Waals surface area contributed by atoms with Crippen molar-refractivity contribution in [3.63, 3.8) is 0 Å². The van der Waals surface area contributed by atoms with Gasteiger partial charge in [-0.15, -0.1) is 11.3 Å². The van der Waals surface area contributed by atoms with Crippen molar-refractivity contribution in [2.75, 3.05) is 18.4 Å². The van der Waals surface area contributed by atoms with Crippen LogP contribution in [0, 0.1) is 24.6 Å². The molecule has 154 valence electrons. The van der Waals surface area contributed by atoms with Crippen LogP contribution < -0.4 is 5.32 Å². The van der Waals surface area contributed by atoms with Crippen LogP contribution in [0.15, 0.2) is 41.1 Å². The number of rotatable bonds is 5. The minimum Gasteiger partial charge on any atom is -0.352 e. The first-order chi connectivity index (χ1) is 14.5. The Kier molecular flexibility index (Phi) is 5.02. The highest BCUT2D eigenvalue weighted by Gasteiger charge is 2.54. The molecule has 0 bridgehead atoms. The predicted molar refractivity (Wildman–Crippen MR) is 117 cm³/mol. The van der Waals surface area contributed by atoms with E-state index in [-0.39, 0.29) is 17.8 Å². The topological polar surface area (TPSA) is 71.0 Å². The lowest BCUT2D eigenvalue weighted by Gasteiger charge is -2.27. The summed E-state index contributed by atoms with van der Waals surface area (Å²) in [4.78, 5) is 29.3. The fourth-order valence-electron chi connectivity index (χ4n) is 4.17. The van der Waals surface area contributed by atoms with Crippen LogP contribution in [0.4, 0.5) is 10.3 Å². The van der Waals surface area contributed by atoms with E-state index in [2.05, 4.69) is 36.2 Å². The first-order valence-electron chi connectivity index (χ1n) is 9.75. The van der Waals surface area contributed by atoms with Crippen LogP contribution in [-0.2, 0) is 0 Å². The maximum absolute atomic E-state index is 13.5. The lowest BCUT2D eigenvalue weighted by Crippen LogP contribution is -2.42. The normalized spacial score (nSPS) is 22.1. The average molecular weight is 488 g/mol. The van der Waals surface area contributed by atoms with E-state index >= 15 is 0 Å². The Hall–Kier alpha value is -2.39. The highest BCUT2D eigenvalue weighted by atomic mass is 79.9. The van der Waals surface area contributed by atoms with Gasteiger partial charge in [-0.25, -0.2) is 19.3 Å². The molecule has 3 atom stereocenters. The monoisotopic (exact) mass is 487 g/mol. The number of nitrogens with one attached hydrogen (secondary N) is 1. The predicted octanol–water partition coefficient (Wildman–Crippen LogP) is 4.38. The number of hydrogen-bond acceptors (Lipinski definition) is 6. The molecule has 2 fully saturated rings. The van der Waals surface area contributed by atoms with Gasteiger partial charge >= 0.3 is 0 Å². The molecule has 9 heteroatoms. The third kappa shape index (κ3) is 3.72. The van der Waals surface area contributed by atoms with Crippen LogP contribution in [0.5, 0.6) is 0 Å². The number of likely N-dealkylation sites (tertiary alicyclic amines) is 1. The van der Waals surface area contributed by atoms with Crippen molar-refractivity contribution >= 4 is 39.1 Å². The van der Waals surface area contributed by atoms with Crippen LogP contribution in [0.1, 0.15) is 21.9 Å². The Morgan fingerprint density at radius 3 is 2.77 bits per heavy atom. The summed E-state index contributed by atoms with van der Waals surface area (Å²) in [7, 11) is 0. The molecule has 0 spiro atoms. The zero-order chi connectivity index (χ0) is 20.8. The largest absolute Gasteiger partial charge is 0.352 e. The van der Waals surface area contributed by atoms with E-state index in [0.29, 0.717) is 30.0 Å². The van der Waals surface area contributed by atoms with Gasteiger partial charge in [-0.2, -0.15) is 0 Å². The second kappa shape index (κ2) is 7.70. The summed E-state index contributed by atoms with van der Waals surface area (Å²) >= 11 is 4.80. The standard InChI is InChI=1S/C21H19BrFN5OS/c1-11-27-18(19(30-11)12-2-4-15(23)5-3-12)20(29)28-10-13-6-16(13)17(28)9-26-21-24-7-14(22)8-25-21/h2-5,7-8,13,16-17H,6,9-10H2,1H3,(H,24,25,26)/t13-,16-,17+/m0/s1. The third-order valence-electron chi connectivity index (χ3n) is 5.70. The van der Waals surface area contributed by atoms with Crippen molar-refractivity contribution in [1.82, 2.24) is 19.9 Å². The molecule has 0 radical (unpaired) electrons. The molecule has 5 rings (SSSR count). The highest BCUT2D eigenvalue weighted by Crippen LogP contribution is 2.50. The number of fused-ring (bicyclic) bond motifs is 1. The quantitative estimate of drug-likeness (QED) is 0.577. The van der Waals surface area contributed by atoms with Gasteiger partial charge in [0.25, 0.3) is 5.91 Å². The number of carbonyl (C=O) groups is 1. The van der Waals surface area contributed by atoms with E-state index in [9.17, 15) is 9.18 Å². The number of halogens is 2. The van der Waals surface area contributed by atoms with Crippen molar-refractivity contribution in [1.29, 1.82) is 0 Å². The Balaban J connectivity index is 1.38. The number of benzene rings is 1. The fourth-order valence-corrected chi connectivity index (χ4v) is 5.29. The van der Waals surface area contributed by atoms with Gasteiger partial charge in [-0.3, -0.25) is 4.79 Å². The maximum atomic E-state index is 13.5. The molecular weight excluding hydrogens is 469 g/mol. The van der Waals surface area contributed by atoms with Gasteiger partial charge in [0.1, 0.15) is 11.5 Å². The number of thiazole rings is 1. The van der Waals surface area contributed by atoms with E-state index in [1.807, 2.05) is 11.8 Å². The molecular formula is C21H19BrFN5OS. The van der Waals surface area contributed by atoms with Gasteiger partial charge in [-0.05, 0) is 58.8 Å². The number of piperidine rings is 1. The molecule has 2 aromatic heterocycles. The molecule has 0 unspecified atom stereocenters. The second-order valence-corrected chi connectivity index (χ2v) is 9.83. The number of aryl methyl sites for hydroxylation is 1. The van der Waals surface area contributed by atoms with Gasteiger partial charge in [0.05, 0.1) is 20.4 Å². The molecule has 1 saturated carbocycles. The summed E-state index contributed by atoms with van der Waals surface area (Å²) in [5, 5.41) is 4.09. The third-order valence-corrected chi connectivity index (χ3v) is 7.13. The number of amides is 1. The lowest BCUT2D eigenvalue weighted by molar-refractivity contribution is 0.0711. The molecule has 1 aromatic carbocycles. The van der Waals surface area contributed by atoms with E-state index in [1.165, 1.54) is 23.5 Å². The van der Waals surface area contributed by atoms with E-state index in [0.717, 1.165) is 32.9 Å². The van der Waals surface area contributed by atoms with E-state index in [1.54, 1.807) is 24.5 Å². The van der Waals surface area contributed by atoms with Gasteiger partial charge < -0.3 is 10.2 Å². The van der Waals surface area contributed by atoms with Gasteiger partial charge in [0.15, 0.2) is 0 Å². The van der Waals surface area contributed by atoms with Crippen molar-refractivity contribution in [2.45, 2.75) is 19.4 Å². The molecule has 2 aliphatic rings. The van der Waals surface area contributed by atoms with Crippen LogP contribution >= 0.6 is 27.3 Å². The average Bonchev–Trinajstić information content (AvgIpc) is 3.25. The Bertz CT molecular complexity index is 1090. The smallest absolute Gasteiger partial charge is 0.274 e. The van der Waals surface area contributed by atoms with Gasteiger partial charge in [-0.1, -0.05) is 12.1 Å².